The van der Waals surface area contributed by atoms with Crippen molar-refractivity contribution in [2.24, 2.45) is 0 Å². The van der Waals surface area contributed by atoms with Crippen LogP contribution in [0.25, 0.3) is 11.4 Å². The van der Waals surface area contributed by atoms with Crippen molar-refractivity contribution in [2.75, 3.05) is 91.5 Å². The molecule has 7 rings (SSSR count). The van der Waals surface area contributed by atoms with Gasteiger partial charge in [-0.1, -0.05) is 0 Å². The highest BCUT2D eigenvalue weighted by atomic mass is 16.5. The third-order valence-corrected chi connectivity index (χ3v) is 8.94. The number of hydrogen-bond acceptors (Lipinski definition) is 11. The molecule has 3 aromatic rings. The maximum Gasteiger partial charge on any atom is 0.323 e. The normalized spacial score (nSPS) is 24.0. The number of benzene rings is 1. The number of nitrogens with zero attached hydrogens (tertiary/aromatic N) is 8. The zero-order valence-corrected chi connectivity index (χ0v) is 25.4. The molecule has 4 aliphatic heterocycles. The predicted molar refractivity (Wildman–Crippen MR) is 170 cm³/mol. The molecule has 2 aromatic heterocycles. The fourth-order valence-electron chi connectivity index (χ4n) is 6.38. The van der Waals surface area contributed by atoms with Gasteiger partial charge in [0.1, 0.15) is 5.82 Å². The summed E-state index contributed by atoms with van der Waals surface area (Å²) in [4.78, 5) is 41.3. The molecule has 1 aromatic carbocycles. The first-order valence-electron chi connectivity index (χ1n) is 15.5. The van der Waals surface area contributed by atoms with Gasteiger partial charge < -0.3 is 39.7 Å². The van der Waals surface area contributed by atoms with Gasteiger partial charge in [0.15, 0.2) is 5.82 Å². The van der Waals surface area contributed by atoms with Crippen LogP contribution < -0.4 is 25.3 Å². The van der Waals surface area contributed by atoms with Gasteiger partial charge in [0.25, 0.3) is 0 Å². The number of morpholine rings is 2. The Morgan fingerprint density at radius 3 is 2.23 bits per heavy atom. The van der Waals surface area contributed by atoms with Gasteiger partial charge in [0.05, 0.1) is 56.4 Å². The summed E-state index contributed by atoms with van der Waals surface area (Å²) in [5.41, 5.74) is 2.15. The Kier molecular flexibility index (Phi) is 8.15. The van der Waals surface area contributed by atoms with E-state index in [-0.39, 0.29) is 24.2 Å². The van der Waals surface area contributed by atoms with Crippen molar-refractivity contribution in [1.29, 1.82) is 0 Å². The molecule has 0 spiro atoms. The number of rotatable bonds is 6. The van der Waals surface area contributed by atoms with Crippen LogP contribution in [0.3, 0.4) is 0 Å². The zero-order valence-electron chi connectivity index (χ0n) is 25.4. The Hall–Kier alpha value is -4.07. The quantitative estimate of drug-likeness (QED) is 0.434. The Morgan fingerprint density at radius 1 is 0.818 bits per heavy atom. The summed E-state index contributed by atoms with van der Waals surface area (Å²) < 4.78 is 11.5. The SMILES string of the molecule is C[C@@H]1COCCN1c1nc(-c2ccc(NC(=O)Nc3ccc(N4CCN(C)CC4)nc3)cc2)nc(N2C3CCC2COC3)n1. The van der Waals surface area contributed by atoms with Gasteiger partial charge in [0, 0.05) is 44.0 Å². The monoisotopic (exact) mass is 600 g/mol. The van der Waals surface area contributed by atoms with Crippen molar-refractivity contribution >= 4 is 35.1 Å². The number of piperazine rings is 1. The number of anilines is 5. The molecule has 13 nitrogen and oxygen atoms in total. The average molecular weight is 601 g/mol. The number of likely N-dealkylation sites (N-methyl/N-ethyl adjacent to an activating group) is 1. The third-order valence-electron chi connectivity index (χ3n) is 8.94. The first kappa shape index (κ1) is 28.7. The largest absolute Gasteiger partial charge is 0.377 e. The molecule has 3 atom stereocenters. The average Bonchev–Trinajstić information content (AvgIpc) is 3.30. The van der Waals surface area contributed by atoms with E-state index in [1.165, 1.54) is 0 Å². The lowest BCUT2D eigenvalue weighted by atomic mass is 10.2. The third kappa shape index (κ3) is 6.12. The van der Waals surface area contributed by atoms with E-state index in [1.807, 2.05) is 36.4 Å². The summed E-state index contributed by atoms with van der Waals surface area (Å²) in [6, 6.07) is 11.8. The number of amides is 2. The van der Waals surface area contributed by atoms with Crippen LogP contribution in [-0.2, 0) is 9.47 Å². The molecule has 4 aliphatic rings. The fourth-order valence-corrected chi connectivity index (χ4v) is 6.38. The Labute approximate surface area is 257 Å². The molecule has 0 saturated carbocycles. The topological polar surface area (TPSA) is 124 Å². The van der Waals surface area contributed by atoms with Crippen LogP contribution in [0.2, 0.25) is 0 Å². The van der Waals surface area contributed by atoms with Gasteiger partial charge in [-0.3, -0.25) is 0 Å². The van der Waals surface area contributed by atoms with E-state index >= 15 is 0 Å². The molecule has 13 heteroatoms. The van der Waals surface area contributed by atoms with Crippen molar-refractivity contribution in [3.63, 3.8) is 0 Å². The molecule has 2 bridgehead atoms. The van der Waals surface area contributed by atoms with Gasteiger partial charge in [-0.25, -0.2) is 9.78 Å². The number of pyridine rings is 1. The number of hydrogen-bond donors (Lipinski definition) is 2. The van der Waals surface area contributed by atoms with E-state index < -0.39 is 0 Å². The minimum Gasteiger partial charge on any atom is -0.377 e. The second-order valence-electron chi connectivity index (χ2n) is 12.1. The fraction of sp³-hybridized carbons (Fsp3) is 0.516. The van der Waals surface area contributed by atoms with E-state index in [2.05, 4.69) is 49.2 Å². The summed E-state index contributed by atoms with van der Waals surface area (Å²) >= 11 is 0. The zero-order chi connectivity index (χ0) is 30.0. The molecule has 4 fully saturated rings. The van der Waals surface area contributed by atoms with Gasteiger partial charge >= 0.3 is 6.03 Å². The Morgan fingerprint density at radius 2 is 1.52 bits per heavy atom. The molecule has 2 unspecified atom stereocenters. The molecule has 44 heavy (non-hydrogen) atoms. The van der Waals surface area contributed by atoms with Gasteiger partial charge in [-0.15, -0.1) is 0 Å². The molecular weight excluding hydrogens is 560 g/mol. The van der Waals surface area contributed by atoms with Gasteiger partial charge in [0.2, 0.25) is 11.9 Å². The highest BCUT2D eigenvalue weighted by Crippen LogP contribution is 2.34. The van der Waals surface area contributed by atoms with Gasteiger partial charge in [-0.2, -0.15) is 15.0 Å². The molecule has 6 heterocycles. The predicted octanol–water partition coefficient (Wildman–Crippen LogP) is 2.92. The smallest absolute Gasteiger partial charge is 0.323 e. The number of carbonyl (C=O) groups excluding carboxylic acids is 1. The summed E-state index contributed by atoms with van der Waals surface area (Å²) in [6.45, 7) is 9.44. The highest BCUT2D eigenvalue weighted by molar-refractivity contribution is 5.99. The van der Waals surface area contributed by atoms with Crippen LogP contribution in [0.15, 0.2) is 42.6 Å². The van der Waals surface area contributed by atoms with Crippen LogP contribution in [0.5, 0.6) is 0 Å². The van der Waals surface area contributed by atoms with Crippen LogP contribution in [0, 0.1) is 0 Å². The van der Waals surface area contributed by atoms with Crippen molar-refractivity contribution in [3.05, 3.63) is 42.6 Å². The first-order chi connectivity index (χ1) is 21.5. The summed E-state index contributed by atoms with van der Waals surface area (Å²) in [7, 11) is 2.13. The van der Waals surface area contributed by atoms with Crippen molar-refractivity contribution < 1.29 is 14.3 Å². The standard InChI is InChI=1S/C31H40N10O3/c1-21-18-43-16-15-40(21)29-35-28(36-30(37-29)41-25-8-9-26(41)20-44-19-25)22-3-5-23(6-4-22)33-31(42)34-24-7-10-27(32-17-24)39-13-11-38(2)12-14-39/h3-7,10,17,21,25-26H,8-9,11-16,18-20H2,1-2H3,(H2,33,34,42)/t21-,25?,26?/m1/s1. The summed E-state index contributed by atoms with van der Waals surface area (Å²) in [5, 5.41) is 5.79. The van der Waals surface area contributed by atoms with E-state index in [4.69, 9.17) is 24.4 Å². The number of ether oxygens (including phenoxy) is 2. The van der Waals surface area contributed by atoms with Crippen LogP contribution in [-0.4, -0.2) is 115 Å². The summed E-state index contributed by atoms with van der Waals surface area (Å²) in [5.74, 6) is 2.90. The second kappa shape index (κ2) is 12.5. The first-order valence-corrected chi connectivity index (χ1v) is 15.5. The van der Waals surface area contributed by atoms with Crippen LogP contribution in [0.1, 0.15) is 19.8 Å². The van der Waals surface area contributed by atoms with Gasteiger partial charge in [-0.05, 0) is 63.2 Å². The lowest BCUT2D eigenvalue weighted by molar-refractivity contribution is 0.0895. The molecular formula is C31H40N10O3. The minimum absolute atomic E-state index is 0.163. The Balaban J connectivity index is 1.05. The number of urea groups is 1. The van der Waals surface area contributed by atoms with Crippen molar-refractivity contribution in [3.8, 4) is 11.4 Å². The lowest BCUT2D eigenvalue weighted by Crippen LogP contribution is -2.48. The highest BCUT2D eigenvalue weighted by Gasteiger charge is 2.39. The maximum absolute atomic E-state index is 12.8. The van der Waals surface area contributed by atoms with E-state index in [1.54, 1.807) is 6.20 Å². The number of carbonyl (C=O) groups is 1. The van der Waals surface area contributed by atoms with E-state index in [0.29, 0.717) is 55.5 Å². The van der Waals surface area contributed by atoms with Crippen LogP contribution in [0.4, 0.5) is 33.9 Å². The minimum atomic E-state index is -0.333. The molecule has 0 radical (unpaired) electrons. The molecule has 2 amide bonds. The number of fused-ring (bicyclic) bond motifs is 2. The lowest BCUT2D eigenvalue weighted by Gasteiger charge is -2.36. The van der Waals surface area contributed by atoms with E-state index in [9.17, 15) is 4.79 Å². The molecule has 2 N–H and O–H groups in total. The van der Waals surface area contributed by atoms with Crippen LogP contribution >= 0.6 is 0 Å². The molecule has 232 valence electrons. The van der Waals surface area contributed by atoms with Crippen molar-refractivity contribution in [1.82, 2.24) is 24.8 Å². The van der Waals surface area contributed by atoms with E-state index in [0.717, 1.165) is 56.9 Å². The number of aromatic nitrogens is 4. The van der Waals surface area contributed by atoms with Crippen molar-refractivity contribution in [2.45, 2.75) is 37.9 Å². The molecule has 4 saturated heterocycles. The molecule has 0 aliphatic carbocycles. The summed E-state index contributed by atoms with van der Waals surface area (Å²) in [6.07, 6.45) is 3.85. The second-order valence-corrected chi connectivity index (χ2v) is 12.1. The maximum atomic E-state index is 12.8. The Bertz CT molecular complexity index is 1430. The number of nitrogens with one attached hydrogen (secondary N) is 2.